The largest absolute Gasteiger partial charge is 0.471 e. The van der Waals surface area contributed by atoms with E-state index < -0.39 is 24.0 Å². The maximum atomic E-state index is 14.3. The lowest BCUT2D eigenvalue weighted by atomic mass is 10.1. The molecule has 0 bridgehead atoms. The molecule has 0 spiro atoms. The first kappa shape index (κ1) is 15.5. The van der Waals surface area contributed by atoms with Crippen LogP contribution in [0.1, 0.15) is 25.7 Å². The van der Waals surface area contributed by atoms with Crippen molar-refractivity contribution in [3.05, 3.63) is 35.5 Å². The predicted molar refractivity (Wildman–Crippen MR) is 75.2 cm³/mol. The minimum Gasteiger partial charge on any atom is -0.393 e. The molecule has 1 aromatic heterocycles. The first-order chi connectivity index (χ1) is 11.6. The Balaban J connectivity index is 1.72. The van der Waals surface area contributed by atoms with Crippen LogP contribution in [0.3, 0.4) is 0 Å². The van der Waals surface area contributed by atoms with E-state index in [1.807, 2.05) is 4.90 Å². The highest BCUT2D eigenvalue weighted by atomic mass is 19.4. The van der Waals surface area contributed by atoms with Gasteiger partial charge in [0.2, 0.25) is 5.82 Å². The monoisotopic (exact) mass is 346 g/mol. The van der Waals surface area contributed by atoms with Crippen molar-refractivity contribution in [1.29, 1.82) is 0 Å². The highest BCUT2D eigenvalue weighted by Crippen LogP contribution is 2.30. The van der Waals surface area contributed by atoms with Gasteiger partial charge in [0.25, 0.3) is 0 Å². The number of aliphatic hydroxyl groups is 1. The molecule has 1 aliphatic rings. The number of rotatable bonds is 3. The molecule has 1 N–H and O–H groups in total. The van der Waals surface area contributed by atoms with Crippen molar-refractivity contribution in [2.45, 2.75) is 31.6 Å². The maximum absolute atomic E-state index is 14.3. The van der Waals surface area contributed by atoms with E-state index in [9.17, 15) is 22.7 Å². The molecule has 9 heteroatoms. The molecule has 2 aromatic rings. The van der Waals surface area contributed by atoms with Crippen LogP contribution in [0.25, 0.3) is 11.4 Å². The van der Waals surface area contributed by atoms with Crippen LogP contribution in [0.4, 0.5) is 17.6 Å². The summed E-state index contributed by atoms with van der Waals surface area (Å²) in [7, 11) is 0. The zero-order valence-corrected chi connectivity index (χ0v) is 12.5. The van der Waals surface area contributed by atoms with Gasteiger partial charge in [0.1, 0.15) is 5.82 Å². The van der Waals surface area contributed by atoms with Crippen LogP contribution in [-0.2, 0) is 12.7 Å². The van der Waals surface area contributed by atoms with Crippen molar-refractivity contribution in [3.8, 4) is 11.4 Å². The van der Waals surface area contributed by atoms with Gasteiger partial charge in [-0.3, -0.25) is 4.90 Å². The minimum atomic E-state index is -4.75. The van der Waals surface area contributed by atoms with Crippen molar-refractivity contribution in [3.63, 3.8) is 0 Å². The van der Waals surface area contributed by atoms with E-state index in [0.717, 1.165) is 6.07 Å². The van der Waals surface area contributed by atoms with Gasteiger partial charge in [-0.2, -0.15) is 18.2 Å². The first-order valence-corrected chi connectivity index (χ1v) is 7.28. The molecule has 0 amide bonds. The Morgan fingerprint density at radius 2 is 2.04 bits per heavy atom. The summed E-state index contributed by atoms with van der Waals surface area (Å²) in [5.41, 5.74) is 0.443. The lowest BCUT2D eigenvalue weighted by Crippen LogP contribution is -2.35. The average Bonchev–Trinajstić information content (AvgIpc) is 3.01. The van der Waals surface area contributed by atoms with Gasteiger partial charge < -0.3 is 9.63 Å². The maximum Gasteiger partial charge on any atom is 0.471 e. The SMILES string of the molecule is [2H]C1(O)CCN(Cc2ccc(-c3noc(C(F)(F)F)n3)cc2F)CC1. The van der Waals surface area contributed by atoms with Crippen LogP contribution < -0.4 is 0 Å². The fraction of sp³-hybridized carbons (Fsp3) is 0.467. The van der Waals surface area contributed by atoms with Gasteiger partial charge in [0.05, 0.1) is 7.45 Å². The van der Waals surface area contributed by atoms with Gasteiger partial charge in [0.15, 0.2) is 0 Å². The van der Waals surface area contributed by atoms with Crippen molar-refractivity contribution in [2.75, 3.05) is 13.1 Å². The number of aromatic nitrogens is 2. The molecule has 0 unspecified atom stereocenters. The number of halogens is 4. The van der Waals surface area contributed by atoms with Gasteiger partial charge in [-0.05, 0) is 18.9 Å². The molecular formula is C15H15F4N3O2. The fourth-order valence-electron chi connectivity index (χ4n) is 2.48. The topological polar surface area (TPSA) is 62.4 Å². The van der Waals surface area contributed by atoms with Crippen LogP contribution in [0, 0.1) is 5.82 Å². The molecule has 0 saturated carbocycles. The lowest BCUT2D eigenvalue weighted by Gasteiger charge is -2.29. The number of hydrogen-bond acceptors (Lipinski definition) is 5. The standard InChI is InChI=1S/C15H15F4N3O2/c16-12-7-9(13-20-14(24-21-13)15(17,18)19)1-2-10(12)8-22-5-3-11(23)4-6-22/h1-2,7,11,23H,3-6,8H2/i11D. The Morgan fingerprint density at radius 3 is 2.62 bits per heavy atom. The number of benzene rings is 1. The zero-order chi connectivity index (χ0) is 18.2. The van der Waals surface area contributed by atoms with Crippen molar-refractivity contribution in [1.82, 2.24) is 15.0 Å². The van der Waals surface area contributed by atoms with Crippen LogP contribution in [-0.4, -0.2) is 39.3 Å². The molecular weight excluding hydrogens is 330 g/mol. The third-order valence-electron chi connectivity index (χ3n) is 3.81. The summed E-state index contributed by atoms with van der Waals surface area (Å²) in [5.74, 6) is -2.42. The number of hydrogen-bond donors (Lipinski definition) is 1. The molecule has 1 aliphatic heterocycles. The van der Waals surface area contributed by atoms with E-state index in [4.69, 9.17) is 1.37 Å². The first-order valence-electron chi connectivity index (χ1n) is 7.78. The third-order valence-corrected chi connectivity index (χ3v) is 3.81. The van der Waals surface area contributed by atoms with E-state index in [-0.39, 0.29) is 30.8 Å². The van der Waals surface area contributed by atoms with Gasteiger partial charge in [-0.25, -0.2) is 4.39 Å². The molecule has 0 atom stereocenters. The van der Waals surface area contributed by atoms with Crippen LogP contribution in [0.5, 0.6) is 0 Å². The molecule has 1 aromatic carbocycles. The van der Waals surface area contributed by atoms with Gasteiger partial charge >= 0.3 is 12.1 Å². The number of nitrogens with zero attached hydrogens (tertiary/aromatic N) is 3. The second-order valence-electron chi connectivity index (χ2n) is 5.57. The summed E-state index contributed by atoms with van der Waals surface area (Å²) < 4.78 is 63.4. The van der Waals surface area contributed by atoms with Gasteiger partial charge in [0, 0.05) is 30.8 Å². The molecule has 130 valence electrons. The zero-order valence-electron chi connectivity index (χ0n) is 13.5. The molecule has 0 aliphatic carbocycles. The Kier molecular flexibility index (Phi) is 4.19. The summed E-state index contributed by atoms with van der Waals surface area (Å²) in [6.07, 6.45) is -5.64. The van der Waals surface area contributed by atoms with E-state index in [0.29, 0.717) is 18.7 Å². The number of piperidine rings is 1. The average molecular weight is 346 g/mol. The Labute approximate surface area is 136 Å². The quantitative estimate of drug-likeness (QED) is 0.866. The van der Waals surface area contributed by atoms with Crippen molar-refractivity contribution in [2.24, 2.45) is 0 Å². The normalized spacial score (nSPS) is 19.3. The van der Waals surface area contributed by atoms with E-state index in [2.05, 4.69) is 14.7 Å². The predicted octanol–water partition coefficient (Wildman–Crippen LogP) is 2.85. The number of likely N-dealkylation sites (tertiary alicyclic amines) is 1. The molecule has 3 rings (SSSR count). The van der Waals surface area contributed by atoms with E-state index >= 15 is 0 Å². The van der Waals surface area contributed by atoms with Crippen molar-refractivity contribution < 1.29 is 28.6 Å². The molecule has 1 saturated heterocycles. The number of alkyl halides is 3. The minimum absolute atomic E-state index is 0.0830. The second kappa shape index (κ2) is 6.48. The van der Waals surface area contributed by atoms with Gasteiger partial charge in [-0.1, -0.05) is 17.3 Å². The summed E-state index contributed by atoms with van der Waals surface area (Å²) in [6, 6.07) is 3.94. The van der Waals surface area contributed by atoms with Crippen molar-refractivity contribution >= 4 is 0 Å². The van der Waals surface area contributed by atoms with E-state index in [1.165, 1.54) is 12.1 Å². The molecule has 2 heterocycles. The summed E-state index contributed by atoms with van der Waals surface area (Å²) in [4.78, 5) is 5.13. The highest BCUT2D eigenvalue weighted by Gasteiger charge is 2.38. The summed E-state index contributed by atoms with van der Waals surface area (Å²) in [6.45, 7) is 1.20. The van der Waals surface area contributed by atoms with E-state index in [1.54, 1.807) is 0 Å². The fourth-order valence-corrected chi connectivity index (χ4v) is 2.48. The van der Waals surface area contributed by atoms with Crippen LogP contribution >= 0.6 is 0 Å². The summed E-state index contributed by atoms with van der Waals surface area (Å²) >= 11 is 0. The molecule has 24 heavy (non-hydrogen) atoms. The smallest absolute Gasteiger partial charge is 0.393 e. The third kappa shape index (κ3) is 3.73. The van der Waals surface area contributed by atoms with Crippen LogP contribution in [0.2, 0.25) is 0 Å². The Morgan fingerprint density at radius 1 is 1.33 bits per heavy atom. The van der Waals surface area contributed by atoms with Gasteiger partial charge in [-0.15, -0.1) is 0 Å². The molecule has 5 nitrogen and oxygen atoms in total. The highest BCUT2D eigenvalue weighted by molar-refractivity contribution is 5.55. The lowest BCUT2D eigenvalue weighted by molar-refractivity contribution is -0.159. The Hall–Kier alpha value is -2.00. The van der Waals surface area contributed by atoms with Crippen LogP contribution in [0.15, 0.2) is 22.7 Å². The molecule has 0 radical (unpaired) electrons. The Bertz CT molecular complexity index is 753. The second-order valence-corrected chi connectivity index (χ2v) is 5.57. The summed E-state index contributed by atoms with van der Waals surface area (Å²) in [5, 5.41) is 12.8. The molecule has 1 fully saturated rings.